The maximum Gasteiger partial charge on any atom is 0.191 e. The number of guanidine groups is 1. The second-order valence-corrected chi connectivity index (χ2v) is 4.66. The molecular formula is C13H20BrN3O. The van der Waals surface area contributed by atoms with Crippen molar-refractivity contribution in [1.29, 1.82) is 0 Å². The fraction of sp³-hybridized carbons (Fsp3) is 0.462. The van der Waals surface area contributed by atoms with E-state index in [0.717, 1.165) is 23.5 Å². The Labute approximate surface area is 117 Å². The molecule has 0 unspecified atom stereocenters. The van der Waals surface area contributed by atoms with Crippen LogP contribution in [0.2, 0.25) is 0 Å². The Balaban J connectivity index is 2.53. The zero-order valence-electron chi connectivity index (χ0n) is 10.9. The van der Waals surface area contributed by atoms with Gasteiger partial charge in [-0.15, -0.1) is 0 Å². The van der Waals surface area contributed by atoms with Crippen LogP contribution < -0.4 is 10.6 Å². The molecule has 0 fully saturated rings. The predicted molar refractivity (Wildman–Crippen MR) is 78.8 cm³/mol. The van der Waals surface area contributed by atoms with Gasteiger partial charge in [-0.3, -0.25) is 0 Å². The van der Waals surface area contributed by atoms with E-state index in [0.29, 0.717) is 13.2 Å². The number of methoxy groups -OCH3 is 1. The number of hydrogen-bond donors (Lipinski definition) is 2. The number of nitrogens with zero attached hydrogens (tertiary/aromatic N) is 1. The molecule has 2 N–H and O–H groups in total. The van der Waals surface area contributed by atoms with E-state index in [-0.39, 0.29) is 0 Å². The third-order valence-electron chi connectivity index (χ3n) is 2.25. The van der Waals surface area contributed by atoms with E-state index >= 15 is 0 Å². The van der Waals surface area contributed by atoms with Crippen molar-refractivity contribution in [3.8, 4) is 0 Å². The van der Waals surface area contributed by atoms with Crippen LogP contribution in [0.15, 0.2) is 33.7 Å². The number of nitrogens with one attached hydrogen (secondary N) is 2. The minimum atomic E-state index is 0.655. The Morgan fingerprint density at radius 2 is 2.22 bits per heavy atom. The first kappa shape index (κ1) is 15.0. The average molecular weight is 314 g/mol. The molecule has 0 bridgehead atoms. The summed E-state index contributed by atoms with van der Waals surface area (Å²) in [6.07, 6.45) is 0. The molecule has 1 aromatic rings. The van der Waals surface area contributed by atoms with Crippen molar-refractivity contribution in [3.63, 3.8) is 0 Å². The third kappa shape index (κ3) is 6.02. The van der Waals surface area contributed by atoms with Gasteiger partial charge in [-0.25, -0.2) is 4.99 Å². The fourth-order valence-corrected chi connectivity index (χ4v) is 1.87. The quantitative estimate of drug-likeness (QED) is 0.480. The molecule has 0 aliphatic rings. The number of aliphatic imine (C=N–C) groups is 1. The number of ether oxygens (including phenoxy) is 1. The highest BCUT2D eigenvalue weighted by molar-refractivity contribution is 9.10. The number of halogens is 1. The Bertz CT molecular complexity index is 382. The lowest BCUT2D eigenvalue weighted by Gasteiger charge is -2.10. The number of benzene rings is 1. The molecule has 0 radical (unpaired) electrons. The summed E-state index contributed by atoms with van der Waals surface area (Å²) in [4.78, 5) is 4.51. The zero-order valence-corrected chi connectivity index (χ0v) is 12.5. The lowest BCUT2D eigenvalue weighted by molar-refractivity contribution is 0.203. The van der Waals surface area contributed by atoms with Crippen molar-refractivity contribution in [1.82, 2.24) is 10.6 Å². The van der Waals surface area contributed by atoms with Crippen molar-refractivity contribution in [2.75, 3.05) is 26.8 Å². The van der Waals surface area contributed by atoms with Crippen LogP contribution in [0.25, 0.3) is 0 Å². The Morgan fingerprint density at radius 3 is 2.89 bits per heavy atom. The van der Waals surface area contributed by atoms with E-state index in [4.69, 9.17) is 4.74 Å². The van der Waals surface area contributed by atoms with Gasteiger partial charge in [-0.1, -0.05) is 28.1 Å². The van der Waals surface area contributed by atoms with Crippen LogP contribution in [0.4, 0.5) is 0 Å². The van der Waals surface area contributed by atoms with Gasteiger partial charge in [0.2, 0.25) is 0 Å². The molecule has 0 saturated carbocycles. The third-order valence-corrected chi connectivity index (χ3v) is 2.74. The van der Waals surface area contributed by atoms with Crippen LogP contribution in [-0.4, -0.2) is 32.8 Å². The van der Waals surface area contributed by atoms with E-state index in [1.54, 1.807) is 7.11 Å². The molecule has 1 rings (SSSR count). The Hall–Kier alpha value is -1.07. The first-order valence-electron chi connectivity index (χ1n) is 6.01. The predicted octanol–water partition coefficient (Wildman–Crippen LogP) is 2.15. The second-order valence-electron chi connectivity index (χ2n) is 3.74. The van der Waals surface area contributed by atoms with Crippen molar-refractivity contribution in [2.45, 2.75) is 13.5 Å². The van der Waals surface area contributed by atoms with Crippen molar-refractivity contribution in [3.05, 3.63) is 34.3 Å². The van der Waals surface area contributed by atoms with Gasteiger partial charge in [0.1, 0.15) is 0 Å². The summed E-state index contributed by atoms with van der Waals surface area (Å²) in [6.45, 7) is 4.97. The molecule has 0 aliphatic heterocycles. The smallest absolute Gasteiger partial charge is 0.191 e. The number of hydrogen-bond acceptors (Lipinski definition) is 2. The molecule has 0 spiro atoms. The minimum Gasteiger partial charge on any atom is -0.383 e. The van der Waals surface area contributed by atoms with Crippen LogP contribution in [0.3, 0.4) is 0 Å². The summed E-state index contributed by atoms with van der Waals surface area (Å²) in [5.41, 5.74) is 1.17. The molecular weight excluding hydrogens is 294 g/mol. The van der Waals surface area contributed by atoms with Gasteiger partial charge in [0.25, 0.3) is 0 Å². The highest BCUT2D eigenvalue weighted by atomic mass is 79.9. The maximum atomic E-state index is 5.00. The molecule has 5 heteroatoms. The van der Waals surface area contributed by atoms with Crippen molar-refractivity contribution >= 4 is 21.9 Å². The normalized spacial score (nSPS) is 11.4. The molecule has 0 saturated heterocycles. The highest BCUT2D eigenvalue weighted by Crippen LogP contribution is 2.12. The van der Waals surface area contributed by atoms with Gasteiger partial charge >= 0.3 is 0 Å². The van der Waals surface area contributed by atoms with E-state index in [1.807, 2.05) is 19.1 Å². The standard InChI is InChI=1S/C13H20BrN3O/c1-3-15-13(16-7-8-18-2)17-10-11-5-4-6-12(14)9-11/h4-6,9H,3,7-8,10H2,1-2H3,(H2,15,16,17). The molecule has 4 nitrogen and oxygen atoms in total. The summed E-state index contributed by atoms with van der Waals surface area (Å²) in [6, 6.07) is 8.16. The lowest BCUT2D eigenvalue weighted by Crippen LogP contribution is -2.38. The molecule has 0 aromatic heterocycles. The molecule has 18 heavy (non-hydrogen) atoms. The summed E-state index contributed by atoms with van der Waals surface area (Å²) in [5.74, 6) is 0.814. The van der Waals surface area contributed by atoms with Crippen LogP contribution in [0.5, 0.6) is 0 Å². The van der Waals surface area contributed by atoms with Crippen molar-refractivity contribution in [2.24, 2.45) is 4.99 Å². The lowest BCUT2D eigenvalue weighted by atomic mass is 10.2. The first-order valence-corrected chi connectivity index (χ1v) is 6.81. The van der Waals surface area contributed by atoms with Gasteiger partial charge in [0.05, 0.1) is 13.2 Å². The van der Waals surface area contributed by atoms with Gasteiger partial charge < -0.3 is 15.4 Å². The summed E-state index contributed by atoms with van der Waals surface area (Å²) < 4.78 is 6.07. The van der Waals surface area contributed by atoms with E-state index in [2.05, 4.69) is 43.7 Å². The van der Waals surface area contributed by atoms with Crippen molar-refractivity contribution < 1.29 is 4.74 Å². The monoisotopic (exact) mass is 313 g/mol. The molecule has 0 aliphatic carbocycles. The fourth-order valence-electron chi connectivity index (χ4n) is 1.42. The van der Waals surface area contributed by atoms with E-state index in [9.17, 15) is 0 Å². The molecule has 0 amide bonds. The van der Waals surface area contributed by atoms with Gasteiger partial charge in [0, 0.05) is 24.7 Å². The summed E-state index contributed by atoms with van der Waals surface area (Å²) >= 11 is 3.45. The van der Waals surface area contributed by atoms with Gasteiger partial charge in [-0.2, -0.15) is 0 Å². The van der Waals surface area contributed by atoms with Crippen LogP contribution >= 0.6 is 15.9 Å². The van der Waals surface area contributed by atoms with Crippen LogP contribution in [0.1, 0.15) is 12.5 Å². The van der Waals surface area contributed by atoms with Gasteiger partial charge in [-0.05, 0) is 24.6 Å². The van der Waals surface area contributed by atoms with E-state index < -0.39 is 0 Å². The average Bonchev–Trinajstić information content (AvgIpc) is 2.36. The van der Waals surface area contributed by atoms with E-state index in [1.165, 1.54) is 5.56 Å². The Kier molecular flexibility index (Phi) is 7.44. The first-order chi connectivity index (χ1) is 8.76. The van der Waals surface area contributed by atoms with Crippen LogP contribution in [-0.2, 0) is 11.3 Å². The van der Waals surface area contributed by atoms with Gasteiger partial charge in [0.15, 0.2) is 5.96 Å². The van der Waals surface area contributed by atoms with Crippen LogP contribution in [0, 0.1) is 0 Å². The number of rotatable bonds is 6. The SMILES string of the molecule is CCNC(=NCc1cccc(Br)c1)NCCOC. The second kappa shape index (κ2) is 8.94. The maximum absolute atomic E-state index is 5.00. The Morgan fingerprint density at radius 1 is 1.39 bits per heavy atom. The molecule has 100 valence electrons. The molecule has 1 aromatic carbocycles. The highest BCUT2D eigenvalue weighted by Gasteiger charge is 1.97. The topological polar surface area (TPSA) is 45.7 Å². The minimum absolute atomic E-state index is 0.655. The zero-order chi connectivity index (χ0) is 13.2. The summed E-state index contributed by atoms with van der Waals surface area (Å²) in [7, 11) is 1.69. The molecule has 0 heterocycles. The molecule has 0 atom stereocenters. The largest absolute Gasteiger partial charge is 0.383 e. The summed E-state index contributed by atoms with van der Waals surface area (Å²) in [5, 5.41) is 6.41.